The number of aromatic nitrogens is 3. The Balaban J connectivity index is 1.88. The van der Waals surface area contributed by atoms with Crippen molar-refractivity contribution in [3.8, 4) is 0 Å². The lowest BCUT2D eigenvalue weighted by Gasteiger charge is -2.19. The lowest BCUT2D eigenvalue weighted by molar-refractivity contribution is -0.387. The highest BCUT2D eigenvalue weighted by molar-refractivity contribution is 7.89. The molecule has 11 heteroatoms. The standard InChI is InChI=1S/C12H14N6O4S/c19-18(20)10-3-1-2-4-12(10)23(21,22)15-9-7-13-8-11(9)17-6-5-14-16-17/h1-6,9,11,13,15H,7-8H2/t9-,11+/m1/s1. The average molecular weight is 338 g/mol. The molecule has 0 bridgehead atoms. The fraction of sp³-hybridized carbons (Fsp3) is 0.333. The number of para-hydroxylation sites is 1. The first kappa shape index (κ1) is 15.5. The van der Waals surface area contributed by atoms with Gasteiger partial charge in [-0.05, 0) is 6.07 Å². The molecule has 1 fully saturated rings. The zero-order chi connectivity index (χ0) is 16.4. The minimum atomic E-state index is -4.04. The molecule has 0 unspecified atom stereocenters. The van der Waals surface area contributed by atoms with Gasteiger partial charge in [-0.1, -0.05) is 17.3 Å². The van der Waals surface area contributed by atoms with Crippen molar-refractivity contribution < 1.29 is 13.3 Å². The smallest absolute Gasteiger partial charge is 0.289 e. The van der Waals surface area contributed by atoms with E-state index in [1.165, 1.54) is 24.4 Å². The molecule has 0 spiro atoms. The molecule has 0 saturated carbocycles. The first-order chi connectivity index (χ1) is 11.0. The van der Waals surface area contributed by atoms with Gasteiger partial charge in [0.2, 0.25) is 10.0 Å². The summed E-state index contributed by atoms with van der Waals surface area (Å²) in [6, 6.07) is 4.51. The van der Waals surface area contributed by atoms with Gasteiger partial charge in [0.25, 0.3) is 5.69 Å². The van der Waals surface area contributed by atoms with Crippen molar-refractivity contribution >= 4 is 15.7 Å². The summed E-state index contributed by atoms with van der Waals surface area (Å²) >= 11 is 0. The van der Waals surface area contributed by atoms with E-state index in [0.717, 1.165) is 6.07 Å². The second-order valence-electron chi connectivity index (χ2n) is 5.06. The number of sulfonamides is 1. The summed E-state index contributed by atoms with van der Waals surface area (Å²) in [4.78, 5) is 9.97. The maximum Gasteiger partial charge on any atom is 0.289 e. The third-order valence-corrected chi connectivity index (χ3v) is 5.16. The van der Waals surface area contributed by atoms with Crippen LogP contribution in [0, 0.1) is 10.1 Å². The van der Waals surface area contributed by atoms with Crippen LogP contribution in [0.15, 0.2) is 41.6 Å². The summed E-state index contributed by atoms with van der Waals surface area (Å²) in [5.74, 6) is 0. The number of benzene rings is 1. The first-order valence-corrected chi connectivity index (χ1v) is 8.29. The molecule has 2 atom stereocenters. The van der Waals surface area contributed by atoms with E-state index < -0.39 is 26.7 Å². The molecular formula is C12H14N6O4S. The monoisotopic (exact) mass is 338 g/mol. The zero-order valence-corrected chi connectivity index (χ0v) is 12.7. The molecule has 1 saturated heterocycles. The van der Waals surface area contributed by atoms with Crippen molar-refractivity contribution in [2.75, 3.05) is 13.1 Å². The van der Waals surface area contributed by atoms with Gasteiger partial charge in [-0.2, -0.15) is 0 Å². The van der Waals surface area contributed by atoms with Crippen LogP contribution in [0.2, 0.25) is 0 Å². The molecule has 10 nitrogen and oxygen atoms in total. The Kier molecular flexibility index (Phi) is 4.07. The van der Waals surface area contributed by atoms with Crippen LogP contribution in [0.4, 0.5) is 5.69 Å². The normalized spacial score (nSPS) is 21.4. The summed E-state index contributed by atoms with van der Waals surface area (Å²) in [7, 11) is -4.04. The quantitative estimate of drug-likeness (QED) is 0.564. The number of nitro benzene ring substituents is 1. The van der Waals surface area contributed by atoms with Crippen LogP contribution in [0.1, 0.15) is 6.04 Å². The molecule has 2 N–H and O–H groups in total. The van der Waals surface area contributed by atoms with Crippen molar-refractivity contribution in [1.82, 2.24) is 25.0 Å². The van der Waals surface area contributed by atoms with Gasteiger partial charge in [-0.25, -0.2) is 17.8 Å². The highest BCUT2D eigenvalue weighted by Gasteiger charge is 2.35. The third-order valence-electron chi connectivity index (χ3n) is 3.62. The molecule has 1 aromatic heterocycles. The molecule has 3 rings (SSSR count). The van der Waals surface area contributed by atoms with Crippen LogP contribution < -0.4 is 10.0 Å². The lowest BCUT2D eigenvalue weighted by atomic mass is 10.2. The second kappa shape index (κ2) is 6.02. The van der Waals surface area contributed by atoms with Gasteiger partial charge in [0.15, 0.2) is 4.90 Å². The number of nitrogens with one attached hydrogen (secondary N) is 2. The van der Waals surface area contributed by atoms with Gasteiger partial charge >= 0.3 is 0 Å². The van der Waals surface area contributed by atoms with Gasteiger partial charge in [-0.15, -0.1) is 5.10 Å². The fourth-order valence-electron chi connectivity index (χ4n) is 2.56. The van der Waals surface area contributed by atoms with Crippen LogP contribution in [0.25, 0.3) is 0 Å². The number of hydrogen-bond acceptors (Lipinski definition) is 7. The molecule has 2 aromatic rings. The summed E-state index contributed by atoms with van der Waals surface area (Å²) in [5.41, 5.74) is -0.455. The van der Waals surface area contributed by atoms with E-state index in [1.807, 2.05) is 0 Å². The topological polar surface area (TPSA) is 132 Å². The second-order valence-corrected chi connectivity index (χ2v) is 6.74. The Morgan fingerprint density at radius 3 is 2.83 bits per heavy atom. The molecule has 1 aliphatic rings. The van der Waals surface area contributed by atoms with E-state index in [0.29, 0.717) is 13.1 Å². The largest absolute Gasteiger partial charge is 0.313 e. The van der Waals surface area contributed by atoms with E-state index in [9.17, 15) is 18.5 Å². The molecule has 122 valence electrons. The van der Waals surface area contributed by atoms with E-state index >= 15 is 0 Å². The molecule has 2 heterocycles. The maximum atomic E-state index is 12.5. The molecule has 23 heavy (non-hydrogen) atoms. The summed E-state index contributed by atoms with van der Waals surface area (Å²) in [6.07, 6.45) is 3.15. The van der Waals surface area contributed by atoms with Crippen molar-refractivity contribution in [3.63, 3.8) is 0 Å². The Hall–Kier alpha value is -2.37. The lowest BCUT2D eigenvalue weighted by Crippen LogP contribution is -2.41. The first-order valence-electron chi connectivity index (χ1n) is 6.81. The molecule has 1 aliphatic heterocycles. The van der Waals surface area contributed by atoms with E-state index in [4.69, 9.17) is 0 Å². The Bertz CT molecular complexity index is 807. The predicted octanol–water partition coefficient (Wildman–Crippen LogP) is -0.322. The van der Waals surface area contributed by atoms with Gasteiger partial charge in [-0.3, -0.25) is 10.1 Å². The van der Waals surface area contributed by atoms with Crippen LogP contribution in [0.3, 0.4) is 0 Å². The minimum Gasteiger partial charge on any atom is -0.313 e. The van der Waals surface area contributed by atoms with Gasteiger partial charge < -0.3 is 5.32 Å². The van der Waals surface area contributed by atoms with Gasteiger partial charge in [0, 0.05) is 25.4 Å². The Labute approximate surface area is 131 Å². The third kappa shape index (κ3) is 3.06. The number of nitro groups is 1. The molecule has 0 amide bonds. The zero-order valence-electron chi connectivity index (χ0n) is 11.9. The fourth-order valence-corrected chi connectivity index (χ4v) is 4.00. The molecule has 0 aliphatic carbocycles. The Morgan fingerprint density at radius 2 is 2.13 bits per heavy atom. The van der Waals surface area contributed by atoms with Gasteiger partial charge in [0.05, 0.1) is 23.2 Å². The number of rotatable bonds is 5. The highest BCUT2D eigenvalue weighted by atomic mass is 32.2. The molecule has 0 radical (unpaired) electrons. The van der Waals surface area contributed by atoms with Crippen LogP contribution in [-0.2, 0) is 10.0 Å². The summed E-state index contributed by atoms with van der Waals surface area (Å²) < 4.78 is 29.2. The SMILES string of the molecule is O=[N+]([O-])c1ccccc1S(=O)(=O)N[C@@H]1CNC[C@@H]1n1ccnn1. The van der Waals surface area contributed by atoms with Crippen molar-refractivity contribution in [1.29, 1.82) is 0 Å². The van der Waals surface area contributed by atoms with Crippen LogP contribution in [-0.4, -0.2) is 47.5 Å². The van der Waals surface area contributed by atoms with Crippen molar-refractivity contribution in [3.05, 3.63) is 46.8 Å². The average Bonchev–Trinajstić information content (AvgIpc) is 3.17. The minimum absolute atomic E-state index is 0.255. The predicted molar refractivity (Wildman–Crippen MR) is 79.1 cm³/mol. The summed E-state index contributed by atoms with van der Waals surface area (Å²) in [5, 5.41) is 21.7. The van der Waals surface area contributed by atoms with Crippen LogP contribution in [0.5, 0.6) is 0 Å². The van der Waals surface area contributed by atoms with Crippen molar-refractivity contribution in [2.24, 2.45) is 0 Å². The van der Waals surface area contributed by atoms with Crippen LogP contribution >= 0.6 is 0 Å². The van der Waals surface area contributed by atoms with Crippen molar-refractivity contribution in [2.45, 2.75) is 17.0 Å². The number of hydrogen-bond donors (Lipinski definition) is 2. The van der Waals surface area contributed by atoms with Gasteiger partial charge in [0.1, 0.15) is 0 Å². The molecular weight excluding hydrogens is 324 g/mol. The maximum absolute atomic E-state index is 12.5. The van der Waals surface area contributed by atoms with E-state index in [1.54, 1.807) is 10.9 Å². The molecule has 1 aromatic carbocycles. The highest BCUT2D eigenvalue weighted by Crippen LogP contribution is 2.24. The Morgan fingerprint density at radius 1 is 1.35 bits per heavy atom. The summed E-state index contributed by atoms with van der Waals surface area (Å²) in [6.45, 7) is 0.915. The number of nitrogens with zero attached hydrogens (tertiary/aromatic N) is 4. The van der Waals surface area contributed by atoms with E-state index in [2.05, 4.69) is 20.4 Å². The van der Waals surface area contributed by atoms with E-state index in [-0.39, 0.29) is 10.9 Å².